The van der Waals surface area contributed by atoms with Crippen molar-refractivity contribution in [3.05, 3.63) is 52.7 Å². The number of halogens is 1. The van der Waals surface area contributed by atoms with Crippen molar-refractivity contribution in [3.63, 3.8) is 0 Å². The van der Waals surface area contributed by atoms with Gasteiger partial charge in [0.15, 0.2) is 16.6 Å². The summed E-state index contributed by atoms with van der Waals surface area (Å²) in [6.45, 7) is 0. The first kappa shape index (κ1) is 19.7. The number of aryl methyl sites for hydroxylation is 1. The molecule has 3 aromatic heterocycles. The van der Waals surface area contributed by atoms with Gasteiger partial charge in [-0.3, -0.25) is 19.1 Å². The Morgan fingerprint density at radius 1 is 1.15 bits per heavy atom. The third-order valence-corrected chi connectivity index (χ3v) is 8.91. The number of aromatic nitrogens is 5. The Balaban J connectivity index is 1.21. The van der Waals surface area contributed by atoms with Crippen molar-refractivity contribution in [2.75, 3.05) is 0 Å². The van der Waals surface area contributed by atoms with Crippen LogP contribution in [0.1, 0.15) is 25.7 Å². The summed E-state index contributed by atoms with van der Waals surface area (Å²) in [5, 5.41) is 14.9. The molecule has 0 saturated heterocycles. The van der Waals surface area contributed by atoms with Gasteiger partial charge < -0.3 is 0 Å². The minimum absolute atomic E-state index is 0.148. The number of allylic oxidation sites excluding steroid dienone is 3. The first-order chi connectivity index (χ1) is 16.1. The van der Waals surface area contributed by atoms with Gasteiger partial charge in [0.2, 0.25) is 0 Å². The van der Waals surface area contributed by atoms with Crippen LogP contribution in [0.2, 0.25) is 0 Å². The minimum Gasteiger partial charge on any atom is -0.275 e. The zero-order valence-electron chi connectivity index (χ0n) is 17.8. The highest BCUT2D eigenvalue weighted by Gasteiger charge is 2.41. The third-order valence-electron chi connectivity index (χ3n) is 6.40. The molecule has 0 aromatic carbocycles. The van der Waals surface area contributed by atoms with Crippen LogP contribution >= 0.6 is 23.5 Å². The summed E-state index contributed by atoms with van der Waals surface area (Å²) in [6, 6.07) is 1.64. The normalized spacial score (nSPS) is 24.2. The van der Waals surface area contributed by atoms with Crippen LogP contribution in [0.5, 0.6) is 0 Å². The Labute approximate surface area is 198 Å². The van der Waals surface area contributed by atoms with E-state index in [0.29, 0.717) is 16.3 Å². The molecule has 4 aliphatic rings. The van der Waals surface area contributed by atoms with E-state index in [1.807, 2.05) is 37.4 Å². The summed E-state index contributed by atoms with van der Waals surface area (Å²) in [4.78, 5) is 10.9. The summed E-state index contributed by atoms with van der Waals surface area (Å²) in [5.74, 6) is 0.278. The number of hydrogen-bond acceptors (Lipinski definition) is 7. The zero-order chi connectivity index (χ0) is 22.1. The molecule has 0 spiro atoms. The lowest BCUT2D eigenvalue weighted by atomic mass is 9.95. The van der Waals surface area contributed by atoms with Gasteiger partial charge in [0.25, 0.3) is 0 Å². The van der Waals surface area contributed by atoms with E-state index in [0.717, 1.165) is 24.0 Å². The van der Waals surface area contributed by atoms with Crippen LogP contribution in [0.4, 0.5) is 4.39 Å². The summed E-state index contributed by atoms with van der Waals surface area (Å²) >= 11 is 3.48. The van der Waals surface area contributed by atoms with Gasteiger partial charge in [0, 0.05) is 48.4 Å². The van der Waals surface area contributed by atoms with E-state index in [9.17, 15) is 4.39 Å². The fourth-order valence-electron chi connectivity index (χ4n) is 4.53. The molecular weight excluding hydrogens is 457 g/mol. The molecule has 166 valence electrons. The minimum atomic E-state index is -0.394. The molecule has 7 rings (SSSR count). The van der Waals surface area contributed by atoms with Crippen molar-refractivity contribution < 1.29 is 4.39 Å². The Morgan fingerprint density at radius 3 is 2.88 bits per heavy atom. The van der Waals surface area contributed by atoms with Crippen molar-refractivity contribution in [2.24, 2.45) is 23.0 Å². The Kier molecular flexibility index (Phi) is 4.42. The number of hydrogen-bond donors (Lipinski definition) is 0. The van der Waals surface area contributed by atoms with Crippen molar-refractivity contribution >= 4 is 40.4 Å². The number of nitrogens with zero attached hydrogens (tertiary/aromatic N) is 7. The zero-order valence-corrected chi connectivity index (χ0v) is 19.5. The molecule has 7 nitrogen and oxygen atoms in total. The number of rotatable bonds is 4. The van der Waals surface area contributed by atoms with Gasteiger partial charge in [-0.1, -0.05) is 11.8 Å². The highest BCUT2D eigenvalue weighted by atomic mass is 32.2. The first-order valence-corrected chi connectivity index (χ1v) is 12.8. The van der Waals surface area contributed by atoms with Crippen molar-refractivity contribution in [2.45, 2.75) is 42.1 Å². The summed E-state index contributed by atoms with van der Waals surface area (Å²) in [5.41, 5.74) is 4.30. The standard InChI is InChI=1S/C23H20FN7S2/c1-30-10-14(8-26-30)13-6-17(24)21-28-29-23(31(21)11-13)32-15-4-5-18-16(7-15)20-19(9-25-18)27-22(33-20)12-2-3-12/h6-12,19-20H,2-5H2,1H3. The molecule has 0 N–H and O–H groups in total. The van der Waals surface area contributed by atoms with E-state index in [1.165, 1.54) is 40.1 Å². The molecule has 2 atom stereocenters. The lowest BCUT2D eigenvalue weighted by Gasteiger charge is -2.26. The fraction of sp³-hybridized carbons (Fsp3) is 0.348. The van der Waals surface area contributed by atoms with Crippen molar-refractivity contribution in [1.29, 1.82) is 0 Å². The predicted molar refractivity (Wildman–Crippen MR) is 129 cm³/mol. The Bertz CT molecular complexity index is 1430. The van der Waals surface area contributed by atoms with Gasteiger partial charge in [0.05, 0.1) is 16.5 Å². The molecule has 5 heterocycles. The second kappa shape index (κ2) is 7.39. The maximum atomic E-state index is 14.8. The van der Waals surface area contributed by atoms with E-state index >= 15 is 0 Å². The average molecular weight is 478 g/mol. The van der Waals surface area contributed by atoms with Gasteiger partial charge in [0.1, 0.15) is 6.04 Å². The van der Waals surface area contributed by atoms with Crippen LogP contribution in [-0.4, -0.2) is 46.9 Å². The maximum absolute atomic E-state index is 14.8. The van der Waals surface area contributed by atoms with Crippen LogP contribution < -0.4 is 0 Å². The molecule has 1 saturated carbocycles. The van der Waals surface area contributed by atoms with Gasteiger partial charge >= 0.3 is 0 Å². The second-order valence-corrected chi connectivity index (χ2v) is 11.1. The van der Waals surface area contributed by atoms with Crippen LogP contribution in [0.15, 0.2) is 62.0 Å². The average Bonchev–Trinajstić information content (AvgIpc) is 3.22. The number of aliphatic imine (C=N–C) groups is 2. The number of thioether (sulfide) groups is 2. The Morgan fingerprint density at radius 2 is 2.06 bits per heavy atom. The van der Waals surface area contributed by atoms with E-state index in [1.54, 1.807) is 27.0 Å². The maximum Gasteiger partial charge on any atom is 0.200 e. The van der Waals surface area contributed by atoms with Crippen LogP contribution in [0, 0.1) is 11.7 Å². The monoisotopic (exact) mass is 477 g/mol. The molecule has 2 aliphatic carbocycles. The molecule has 10 heteroatoms. The van der Waals surface area contributed by atoms with Gasteiger partial charge in [-0.2, -0.15) is 5.10 Å². The molecule has 0 bridgehead atoms. The van der Waals surface area contributed by atoms with Gasteiger partial charge in [-0.15, -0.1) is 22.0 Å². The SMILES string of the molecule is Cn1cc(-c2cc(F)c3nnc(SC4=CC5=C(CC4)N=CC4N=C(C6CC6)SC54)n3c2)cn1. The first-order valence-electron chi connectivity index (χ1n) is 11.1. The van der Waals surface area contributed by atoms with Crippen LogP contribution in [0.25, 0.3) is 16.8 Å². The topological polar surface area (TPSA) is 72.7 Å². The highest BCUT2D eigenvalue weighted by Crippen LogP contribution is 2.47. The largest absolute Gasteiger partial charge is 0.275 e. The predicted octanol–water partition coefficient (Wildman–Crippen LogP) is 4.67. The molecule has 1 fully saturated rings. The molecule has 2 unspecified atom stereocenters. The quantitative estimate of drug-likeness (QED) is 0.546. The van der Waals surface area contributed by atoms with E-state index in [4.69, 9.17) is 9.98 Å². The molecule has 2 aliphatic heterocycles. The molecule has 33 heavy (non-hydrogen) atoms. The van der Waals surface area contributed by atoms with Crippen LogP contribution in [-0.2, 0) is 7.05 Å². The molecular formula is C23H20FN7S2. The summed E-state index contributed by atoms with van der Waals surface area (Å²) in [7, 11) is 1.85. The summed E-state index contributed by atoms with van der Waals surface area (Å²) in [6.07, 6.45) is 14.1. The highest BCUT2D eigenvalue weighted by molar-refractivity contribution is 8.15. The summed E-state index contributed by atoms with van der Waals surface area (Å²) < 4.78 is 18.2. The number of pyridine rings is 1. The van der Waals surface area contributed by atoms with Crippen molar-refractivity contribution in [3.8, 4) is 11.1 Å². The fourth-order valence-corrected chi connectivity index (χ4v) is 6.95. The lowest BCUT2D eigenvalue weighted by Crippen LogP contribution is -2.26. The number of fused-ring (bicyclic) bond motifs is 3. The smallest absolute Gasteiger partial charge is 0.200 e. The van der Waals surface area contributed by atoms with Crippen molar-refractivity contribution in [1.82, 2.24) is 24.4 Å². The van der Waals surface area contributed by atoms with Gasteiger partial charge in [-0.25, -0.2) is 4.39 Å². The Hall–Kier alpha value is -2.72. The van der Waals surface area contributed by atoms with E-state index in [2.05, 4.69) is 21.4 Å². The lowest BCUT2D eigenvalue weighted by molar-refractivity contribution is 0.629. The van der Waals surface area contributed by atoms with Crippen LogP contribution in [0.3, 0.4) is 0 Å². The third kappa shape index (κ3) is 3.38. The van der Waals surface area contributed by atoms with E-state index in [-0.39, 0.29) is 11.7 Å². The van der Waals surface area contributed by atoms with E-state index < -0.39 is 5.82 Å². The second-order valence-electron chi connectivity index (χ2n) is 8.82. The molecule has 0 radical (unpaired) electrons. The molecule has 0 amide bonds. The van der Waals surface area contributed by atoms with Gasteiger partial charge in [-0.05, 0) is 48.3 Å². The molecule has 3 aromatic rings.